The number of nitrogens with zero attached hydrogens (tertiary/aromatic N) is 1. The van der Waals surface area contributed by atoms with Gasteiger partial charge >= 0.3 is 0 Å². The van der Waals surface area contributed by atoms with Gasteiger partial charge in [0.15, 0.2) is 5.13 Å². The van der Waals surface area contributed by atoms with Gasteiger partial charge in [-0.2, -0.15) is 0 Å². The molecule has 0 spiro atoms. The predicted molar refractivity (Wildman–Crippen MR) is 102 cm³/mol. The second-order valence-corrected chi connectivity index (χ2v) is 8.36. The molecule has 1 aromatic heterocycles. The number of anilines is 1. The van der Waals surface area contributed by atoms with Crippen molar-refractivity contribution in [2.75, 3.05) is 5.32 Å². The molecule has 5 nitrogen and oxygen atoms in total. The Morgan fingerprint density at radius 1 is 1.28 bits per heavy atom. The van der Waals surface area contributed by atoms with Crippen molar-refractivity contribution in [1.82, 2.24) is 10.3 Å². The molecule has 0 aliphatic heterocycles. The first-order chi connectivity index (χ1) is 11.7. The summed E-state index contributed by atoms with van der Waals surface area (Å²) in [6.45, 7) is 7.05. The third-order valence-corrected chi connectivity index (χ3v) is 4.81. The second kappa shape index (κ2) is 7.97. The molecule has 25 heavy (non-hydrogen) atoms. The van der Waals surface area contributed by atoms with Crippen LogP contribution in [0.3, 0.4) is 0 Å². The first-order valence-corrected chi connectivity index (χ1v) is 9.16. The molecule has 1 heterocycles. The number of benzene rings is 1. The molecular weight excluding hydrogens is 358 g/mol. The number of thiazole rings is 1. The fourth-order valence-corrected chi connectivity index (χ4v) is 3.01. The van der Waals surface area contributed by atoms with Crippen LogP contribution >= 0.6 is 22.9 Å². The van der Waals surface area contributed by atoms with E-state index in [1.54, 1.807) is 33.9 Å². The van der Waals surface area contributed by atoms with Gasteiger partial charge in [0.1, 0.15) is 6.04 Å². The van der Waals surface area contributed by atoms with Crippen molar-refractivity contribution in [2.24, 2.45) is 5.41 Å². The van der Waals surface area contributed by atoms with Crippen LogP contribution in [-0.4, -0.2) is 22.8 Å². The van der Waals surface area contributed by atoms with Gasteiger partial charge < -0.3 is 10.6 Å². The zero-order chi connectivity index (χ0) is 18.6. The molecule has 0 fully saturated rings. The van der Waals surface area contributed by atoms with Crippen molar-refractivity contribution in [3.63, 3.8) is 0 Å². The summed E-state index contributed by atoms with van der Waals surface area (Å²) in [7, 11) is 0. The van der Waals surface area contributed by atoms with Crippen LogP contribution in [0.2, 0.25) is 5.02 Å². The summed E-state index contributed by atoms with van der Waals surface area (Å²) in [5.74, 6) is -0.468. The topological polar surface area (TPSA) is 71.1 Å². The first kappa shape index (κ1) is 19.4. The maximum absolute atomic E-state index is 12.2. The molecule has 1 unspecified atom stereocenters. The average molecular weight is 380 g/mol. The molecule has 2 rings (SSSR count). The number of hydrogen-bond acceptors (Lipinski definition) is 4. The van der Waals surface area contributed by atoms with E-state index in [-0.39, 0.29) is 11.8 Å². The zero-order valence-corrected chi connectivity index (χ0v) is 16.3. The predicted octanol–water partition coefficient (Wildman–Crippen LogP) is 3.88. The van der Waals surface area contributed by atoms with E-state index < -0.39 is 11.5 Å². The maximum Gasteiger partial charge on any atom is 0.248 e. The van der Waals surface area contributed by atoms with Crippen molar-refractivity contribution in [1.29, 1.82) is 0 Å². The van der Waals surface area contributed by atoms with Crippen molar-refractivity contribution >= 4 is 39.9 Å². The Balaban J connectivity index is 1.95. The Kier molecular flexibility index (Phi) is 6.19. The minimum Gasteiger partial charge on any atom is -0.344 e. The number of hydrogen-bond donors (Lipinski definition) is 2. The summed E-state index contributed by atoms with van der Waals surface area (Å²) >= 11 is 7.56. The molecule has 1 aromatic carbocycles. The van der Waals surface area contributed by atoms with Gasteiger partial charge in [-0.05, 0) is 18.6 Å². The molecule has 7 heteroatoms. The standard InChI is InChI=1S/C18H22ClN3O2S/c1-11(21-16(24)18(2,3)4)15(23)22-17-20-10-13(25-17)9-12-7-5-6-8-14(12)19/h5-8,10-11H,9H2,1-4H3,(H,21,24)(H,20,22,23). The van der Waals surface area contributed by atoms with Crippen LogP contribution in [0.25, 0.3) is 0 Å². The quantitative estimate of drug-likeness (QED) is 0.828. The van der Waals surface area contributed by atoms with Gasteiger partial charge in [0.25, 0.3) is 0 Å². The molecule has 0 radical (unpaired) electrons. The highest BCUT2D eigenvalue weighted by Crippen LogP contribution is 2.24. The Morgan fingerprint density at radius 3 is 2.60 bits per heavy atom. The van der Waals surface area contributed by atoms with Crippen LogP contribution in [0.1, 0.15) is 38.1 Å². The highest BCUT2D eigenvalue weighted by atomic mass is 35.5. The Morgan fingerprint density at radius 2 is 1.96 bits per heavy atom. The number of aromatic nitrogens is 1. The van der Waals surface area contributed by atoms with E-state index in [1.807, 2.05) is 24.3 Å². The third-order valence-electron chi connectivity index (χ3n) is 3.53. The Bertz CT molecular complexity index is 768. The van der Waals surface area contributed by atoms with Gasteiger partial charge in [-0.3, -0.25) is 9.59 Å². The van der Waals surface area contributed by atoms with Crippen LogP contribution in [0.5, 0.6) is 0 Å². The van der Waals surface area contributed by atoms with E-state index in [0.717, 1.165) is 10.4 Å². The molecule has 2 aromatic rings. The highest BCUT2D eigenvalue weighted by Gasteiger charge is 2.25. The van der Waals surface area contributed by atoms with Gasteiger partial charge in [0, 0.05) is 27.9 Å². The minimum atomic E-state index is -0.636. The fraction of sp³-hybridized carbons (Fsp3) is 0.389. The van der Waals surface area contributed by atoms with Crippen LogP contribution < -0.4 is 10.6 Å². The van der Waals surface area contributed by atoms with Gasteiger partial charge in [0.05, 0.1) is 0 Å². The van der Waals surface area contributed by atoms with Crippen LogP contribution in [0.4, 0.5) is 5.13 Å². The summed E-state index contributed by atoms with van der Waals surface area (Å²) < 4.78 is 0. The van der Waals surface area contributed by atoms with Gasteiger partial charge in [0.2, 0.25) is 11.8 Å². The first-order valence-electron chi connectivity index (χ1n) is 7.97. The van der Waals surface area contributed by atoms with E-state index in [1.165, 1.54) is 11.3 Å². The summed E-state index contributed by atoms with van der Waals surface area (Å²) in [4.78, 5) is 29.4. The largest absolute Gasteiger partial charge is 0.344 e. The number of amides is 2. The lowest BCUT2D eigenvalue weighted by Crippen LogP contribution is -2.46. The van der Waals surface area contributed by atoms with Crippen molar-refractivity contribution in [3.05, 3.63) is 45.9 Å². The summed E-state index contributed by atoms with van der Waals surface area (Å²) in [5.41, 5.74) is 0.467. The number of nitrogens with one attached hydrogen (secondary N) is 2. The van der Waals surface area contributed by atoms with Gasteiger partial charge in [-0.1, -0.05) is 50.6 Å². The molecule has 0 aliphatic carbocycles. The lowest BCUT2D eigenvalue weighted by molar-refractivity contribution is -0.131. The highest BCUT2D eigenvalue weighted by molar-refractivity contribution is 7.15. The normalized spacial score (nSPS) is 12.5. The number of carbonyl (C=O) groups is 2. The average Bonchev–Trinajstić information content (AvgIpc) is 2.95. The van der Waals surface area contributed by atoms with Crippen molar-refractivity contribution < 1.29 is 9.59 Å². The summed E-state index contributed by atoms with van der Waals surface area (Å²) in [6.07, 6.45) is 2.38. The summed E-state index contributed by atoms with van der Waals surface area (Å²) in [5, 5.41) is 6.65. The van der Waals surface area contributed by atoms with Crippen LogP contribution in [-0.2, 0) is 16.0 Å². The molecule has 134 valence electrons. The summed E-state index contributed by atoms with van der Waals surface area (Å²) in [6, 6.07) is 7.00. The van der Waals surface area contributed by atoms with Crippen LogP contribution in [0, 0.1) is 5.41 Å². The van der Waals surface area contributed by atoms with Crippen molar-refractivity contribution in [3.8, 4) is 0 Å². The molecule has 1 atom stereocenters. The molecule has 0 saturated heterocycles. The zero-order valence-electron chi connectivity index (χ0n) is 14.7. The lowest BCUT2D eigenvalue weighted by Gasteiger charge is -2.21. The van der Waals surface area contributed by atoms with E-state index in [0.29, 0.717) is 16.6 Å². The van der Waals surface area contributed by atoms with E-state index in [2.05, 4.69) is 15.6 Å². The van der Waals surface area contributed by atoms with Gasteiger partial charge in [-0.25, -0.2) is 4.98 Å². The van der Waals surface area contributed by atoms with Crippen molar-refractivity contribution in [2.45, 2.75) is 40.2 Å². The number of carbonyl (C=O) groups excluding carboxylic acids is 2. The molecule has 0 bridgehead atoms. The van der Waals surface area contributed by atoms with Crippen LogP contribution in [0.15, 0.2) is 30.5 Å². The van der Waals surface area contributed by atoms with E-state index >= 15 is 0 Å². The third kappa shape index (κ3) is 5.54. The molecule has 2 amide bonds. The molecular formula is C18H22ClN3O2S. The second-order valence-electron chi connectivity index (χ2n) is 6.83. The molecule has 0 aliphatic rings. The maximum atomic E-state index is 12.2. The minimum absolute atomic E-state index is 0.173. The molecule has 0 saturated carbocycles. The monoisotopic (exact) mass is 379 g/mol. The SMILES string of the molecule is CC(NC(=O)C(C)(C)C)C(=O)Nc1ncc(Cc2ccccc2Cl)s1. The smallest absolute Gasteiger partial charge is 0.248 e. The van der Waals surface area contributed by atoms with E-state index in [9.17, 15) is 9.59 Å². The molecule has 2 N–H and O–H groups in total. The Labute approximate surface area is 156 Å². The van der Waals surface area contributed by atoms with E-state index in [4.69, 9.17) is 11.6 Å². The lowest BCUT2D eigenvalue weighted by atomic mass is 9.95. The number of halogens is 1. The van der Waals surface area contributed by atoms with Gasteiger partial charge in [-0.15, -0.1) is 11.3 Å². The number of rotatable bonds is 5. The Hall–Kier alpha value is -1.92. The fourth-order valence-electron chi connectivity index (χ4n) is 1.97.